The van der Waals surface area contributed by atoms with Gasteiger partial charge in [-0.3, -0.25) is 14.0 Å². The molecule has 0 aliphatic carbocycles. The van der Waals surface area contributed by atoms with Gasteiger partial charge in [-0.2, -0.15) is 0 Å². The molecule has 0 spiro atoms. The highest BCUT2D eigenvalue weighted by molar-refractivity contribution is 6.31. The summed E-state index contributed by atoms with van der Waals surface area (Å²) in [5, 5.41) is 3.94. The van der Waals surface area contributed by atoms with Crippen molar-refractivity contribution in [3.63, 3.8) is 0 Å². The number of aromatic nitrogens is 2. The number of quaternary nitrogens is 1. The van der Waals surface area contributed by atoms with Crippen LogP contribution in [0.1, 0.15) is 18.2 Å². The van der Waals surface area contributed by atoms with Gasteiger partial charge in [0.05, 0.1) is 11.6 Å². The number of pyridine rings is 1. The molecular formula is C20H21Cl2N4O2+. The van der Waals surface area contributed by atoms with Gasteiger partial charge >= 0.3 is 0 Å². The van der Waals surface area contributed by atoms with Crippen LogP contribution in [0.2, 0.25) is 10.0 Å². The average molecular weight is 420 g/mol. The van der Waals surface area contributed by atoms with Crippen LogP contribution in [0.3, 0.4) is 0 Å². The molecule has 3 aromatic rings. The zero-order chi connectivity index (χ0) is 20.3. The number of aryl methyl sites for hydroxylation is 1. The van der Waals surface area contributed by atoms with Gasteiger partial charge < -0.3 is 10.2 Å². The summed E-state index contributed by atoms with van der Waals surface area (Å²) in [6, 6.07) is 10.3. The Morgan fingerprint density at radius 2 is 1.93 bits per heavy atom. The number of benzene rings is 1. The Morgan fingerprint density at radius 1 is 1.18 bits per heavy atom. The fourth-order valence-corrected chi connectivity index (χ4v) is 3.27. The van der Waals surface area contributed by atoms with Crippen molar-refractivity contribution in [2.45, 2.75) is 20.4 Å². The Morgan fingerprint density at radius 3 is 2.68 bits per heavy atom. The number of hydrogen-bond donors (Lipinski definition) is 2. The number of rotatable bonds is 6. The topological polar surface area (TPSA) is 67.9 Å². The maximum absolute atomic E-state index is 12.5. The van der Waals surface area contributed by atoms with Crippen LogP contribution in [0.25, 0.3) is 5.65 Å². The minimum atomic E-state index is -0.197. The first kappa shape index (κ1) is 20.3. The molecule has 1 aromatic carbocycles. The predicted molar refractivity (Wildman–Crippen MR) is 111 cm³/mol. The fraction of sp³-hybridized carbons (Fsp3) is 0.250. The van der Waals surface area contributed by atoms with E-state index in [9.17, 15) is 9.59 Å². The van der Waals surface area contributed by atoms with Crippen LogP contribution in [0.4, 0.5) is 5.69 Å². The van der Waals surface area contributed by atoms with E-state index in [0.29, 0.717) is 40.2 Å². The number of hydrogen-bond acceptors (Lipinski definition) is 3. The second-order valence-corrected chi connectivity index (χ2v) is 7.50. The maximum Gasteiger partial charge on any atom is 0.279 e. The molecule has 28 heavy (non-hydrogen) atoms. The molecule has 0 fully saturated rings. The third-order valence-electron chi connectivity index (χ3n) is 4.49. The standard InChI is InChI=1S/C20H20Cl2N4O2/c1-3-25(12-19(27)24-17-8-14(21)5-4-13(17)2)11-16-9-20(28)26-10-15(22)6-7-18(26)23-16/h4-10H,3,11-12H2,1-2H3,(H,24,27)/p+1. The zero-order valence-corrected chi connectivity index (χ0v) is 17.1. The molecule has 1 amide bonds. The lowest BCUT2D eigenvalue weighted by atomic mass is 10.2. The number of halogens is 2. The summed E-state index contributed by atoms with van der Waals surface area (Å²) >= 11 is 11.9. The van der Waals surface area contributed by atoms with Crippen LogP contribution < -0.4 is 15.8 Å². The Hall–Kier alpha value is -2.41. The molecule has 6 nitrogen and oxygen atoms in total. The van der Waals surface area contributed by atoms with Crippen LogP contribution >= 0.6 is 23.2 Å². The first-order chi connectivity index (χ1) is 13.4. The van der Waals surface area contributed by atoms with E-state index in [2.05, 4.69) is 10.3 Å². The quantitative estimate of drug-likeness (QED) is 0.644. The van der Waals surface area contributed by atoms with E-state index < -0.39 is 0 Å². The second kappa shape index (κ2) is 8.73. The summed E-state index contributed by atoms with van der Waals surface area (Å²) in [5.74, 6) is -0.119. The first-order valence-electron chi connectivity index (χ1n) is 8.93. The van der Waals surface area contributed by atoms with Gasteiger partial charge in [-0.25, -0.2) is 4.98 Å². The molecule has 0 saturated carbocycles. The van der Waals surface area contributed by atoms with Gasteiger partial charge in [-0.1, -0.05) is 29.3 Å². The van der Waals surface area contributed by atoms with Gasteiger partial charge in [0.2, 0.25) is 0 Å². The number of likely N-dealkylation sites (N-methyl/N-ethyl adjacent to an activating group) is 1. The van der Waals surface area contributed by atoms with Crippen molar-refractivity contribution in [3.8, 4) is 0 Å². The number of fused-ring (bicyclic) bond motifs is 1. The van der Waals surface area contributed by atoms with Crippen molar-refractivity contribution in [1.29, 1.82) is 0 Å². The normalized spacial score (nSPS) is 12.1. The number of amides is 1. The lowest BCUT2D eigenvalue weighted by molar-refractivity contribution is -0.904. The second-order valence-electron chi connectivity index (χ2n) is 6.63. The number of anilines is 1. The van der Waals surface area contributed by atoms with Gasteiger partial charge in [-0.15, -0.1) is 0 Å². The number of carbonyl (C=O) groups excluding carboxylic acids is 1. The monoisotopic (exact) mass is 419 g/mol. The Balaban J connectivity index is 1.72. The van der Waals surface area contributed by atoms with Crippen molar-refractivity contribution >= 4 is 40.4 Å². The van der Waals surface area contributed by atoms with Gasteiger partial charge in [0, 0.05) is 23.0 Å². The van der Waals surface area contributed by atoms with Crippen LogP contribution in [0, 0.1) is 6.92 Å². The SMILES string of the molecule is CC[NH+](CC(=O)Nc1cc(Cl)ccc1C)Cc1cc(=O)n2cc(Cl)ccc2n1. The van der Waals surface area contributed by atoms with Crippen molar-refractivity contribution in [3.05, 3.63) is 74.3 Å². The van der Waals surface area contributed by atoms with Crippen LogP contribution in [-0.4, -0.2) is 28.4 Å². The third-order valence-corrected chi connectivity index (χ3v) is 4.95. The summed E-state index contributed by atoms with van der Waals surface area (Å²) in [6.45, 7) is 5.33. The minimum absolute atomic E-state index is 0.119. The molecule has 3 rings (SSSR count). The molecule has 0 saturated heterocycles. The smallest absolute Gasteiger partial charge is 0.279 e. The summed E-state index contributed by atoms with van der Waals surface area (Å²) < 4.78 is 1.41. The van der Waals surface area contributed by atoms with E-state index in [1.54, 1.807) is 30.5 Å². The summed E-state index contributed by atoms with van der Waals surface area (Å²) in [6.07, 6.45) is 1.54. The molecule has 0 aliphatic heterocycles. The largest absolute Gasteiger partial charge is 0.322 e. The maximum atomic E-state index is 12.5. The fourth-order valence-electron chi connectivity index (χ4n) is 2.94. The molecule has 2 aromatic heterocycles. The number of carbonyl (C=O) groups is 1. The van der Waals surface area contributed by atoms with Crippen LogP contribution in [-0.2, 0) is 11.3 Å². The van der Waals surface area contributed by atoms with Gasteiger partial charge in [0.25, 0.3) is 11.5 Å². The zero-order valence-electron chi connectivity index (χ0n) is 15.6. The molecule has 8 heteroatoms. The Labute approximate surface area is 172 Å². The van der Waals surface area contributed by atoms with Crippen molar-refractivity contribution in [2.75, 3.05) is 18.4 Å². The molecular weight excluding hydrogens is 399 g/mol. The van der Waals surface area contributed by atoms with Crippen LogP contribution in [0.15, 0.2) is 47.4 Å². The van der Waals surface area contributed by atoms with E-state index >= 15 is 0 Å². The molecule has 146 valence electrons. The highest BCUT2D eigenvalue weighted by Gasteiger charge is 2.16. The van der Waals surface area contributed by atoms with E-state index in [0.717, 1.165) is 10.5 Å². The molecule has 0 bridgehead atoms. The average Bonchev–Trinajstić information content (AvgIpc) is 2.65. The third kappa shape index (κ3) is 4.90. The van der Waals surface area contributed by atoms with Crippen molar-refractivity contribution in [1.82, 2.24) is 9.38 Å². The Bertz CT molecular complexity index is 1080. The lowest BCUT2D eigenvalue weighted by Gasteiger charge is -2.17. The summed E-state index contributed by atoms with van der Waals surface area (Å²) in [7, 11) is 0. The Kier molecular flexibility index (Phi) is 6.34. The number of nitrogens with one attached hydrogen (secondary N) is 2. The minimum Gasteiger partial charge on any atom is -0.322 e. The van der Waals surface area contributed by atoms with Gasteiger partial charge in [0.1, 0.15) is 17.9 Å². The van der Waals surface area contributed by atoms with E-state index in [4.69, 9.17) is 23.2 Å². The molecule has 0 aliphatic rings. The first-order valence-corrected chi connectivity index (χ1v) is 9.68. The highest BCUT2D eigenvalue weighted by Crippen LogP contribution is 2.19. The molecule has 2 heterocycles. The highest BCUT2D eigenvalue weighted by atomic mass is 35.5. The van der Waals surface area contributed by atoms with Gasteiger partial charge in [0.15, 0.2) is 6.54 Å². The lowest BCUT2D eigenvalue weighted by Crippen LogP contribution is -3.11. The van der Waals surface area contributed by atoms with Crippen LogP contribution in [0.5, 0.6) is 0 Å². The van der Waals surface area contributed by atoms with E-state index in [-0.39, 0.29) is 18.0 Å². The van der Waals surface area contributed by atoms with Gasteiger partial charge in [-0.05, 0) is 43.7 Å². The number of nitrogens with zero attached hydrogens (tertiary/aromatic N) is 2. The van der Waals surface area contributed by atoms with E-state index in [1.807, 2.05) is 19.9 Å². The predicted octanol–water partition coefficient (Wildman–Crippen LogP) is 2.35. The molecule has 0 radical (unpaired) electrons. The summed E-state index contributed by atoms with van der Waals surface area (Å²) in [5.41, 5.74) is 2.61. The van der Waals surface area contributed by atoms with Crippen molar-refractivity contribution in [2.24, 2.45) is 0 Å². The van der Waals surface area contributed by atoms with E-state index in [1.165, 1.54) is 10.5 Å². The molecule has 1 unspecified atom stereocenters. The molecule has 1 atom stereocenters. The molecule has 2 N–H and O–H groups in total. The van der Waals surface area contributed by atoms with Crippen molar-refractivity contribution < 1.29 is 9.69 Å². The summed E-state index contributed by atoms with van der Waals surface area (Å²) in [4.78, 5) is 30.3.